The summed E-state index contributed by atoms with van der Waals surface area (Å²) in [6.45, 7) is 6.47. The van der Waals surface area contributed by atoms with E-state index < -0.39 is 0 Å². The predicted molar refractivity (Wildman–Crippen MR) is 64.0 cm³/mol. The molecule has 1 aromatic heterocycles. The Balaban J connectivity index is 2.58. The second-order valence-corrected chi connectivity index (χ2v) is 5.48. The van der Waals surface area contributed by atoms with Crippen molar-refractivity contribution in [2.24, 2.45) is 18.2 Å². The zero-order valence-electron chi connectivity index (χ0n) is 9.92. The molecule has 1 aromatic rings. The number of hydrogen-bond acceptors (Lipinski definition) is 2. The van der Waals surface area contributed by atoms with Gasteiger partial charge in [0.25, 0.3) is 0 Å². The molecule has 0 aromatic carbocycles. The molecule has 0 saturated carbocycles. The minimum absolute atomic E-state index is 0.144. The van der Waals surface area contributed by atoms with E-state index in [4.69, 9.17) is 17.3 Å². The fraction of sp³-hybridized carbons (Fsp3) is 0.727. The molecule has 4 heteroatoms. The molecule has 0 amide bonds. The van der Waals surface area contributed by atoms with Gasteiger partial charge in [0.15, 0.2) is 0 Å². The maximum atomic E-state index is 6.09. The summed E-state index contributed by atoms with van der Waals surface area (Å²) < 4.78 is 1.82. The van der Waals surface area contributed by atoms with Gasteiger partial charge in [-0.05, 0) is 18.3 Å². The van der Waals surface area contributed by atoms with Gasteiger partial charge in [0.05, 0.1) is 16.9 Å². The van der Waals surface area contributed by atoms with Gasteiger partial charge in [-0.1, -0.05) is 32.4 Å². The number of rotatable bonds is 3. The summed E-state index contributed by atoms with van der Waals surface area (Å²) in [5.41, 5.74) is 7.30. The van der Waals surface area contributed by atoms with E-state index in [2.05, 4.69) is 25.9 Å². The number of aryl methyl sites for hydroxylation is 1. The van der Waals surface area contributed by atoms with E-state index in [1.165, 1.54) is 0 Å². The second kappa shape index (κ2) is 4.54. The lowest BCUT2D eigenvalue weighted by Gasteiger charge is -2.26. The lowest BCUT2D eigenvalue weighted by atomic mass is 9.84. The van der Waals surface area contributed by atoms with Crippen LogP contribution in [0.3, 0.4) is 0 Å². The topological polar surface area (TPSA) is 43.8 Å². The van der Waals surface area contributed by atoms with Crippen molar-refractivity contribution in [2.75, 3.05) is 0 Å². The average molecular weight is 230 g/mol. The van der Waals surface area contributed by atoms with Crippen LogP contribution in [0.25, 0.3) is 0 Å². The highest BCUT2D eigenvalue weighted by molar-refractivity contribution is 6.31. The Bertz CT molecular complexity index is 306. The Kier molecular flexibility index (Phi) is 3.79. The Morgan fingerprint density at radius 2 is 2.13 bits per heavy atom. The van der Waals surface area contributed by atoms with Crippen molar-refractivity contribution in [2.45, 2.75) is 39.7 Å². The highest BCUT2D eigenvalue weighted by atomic mass is 35.5. The van der Waals surface area contributed by atoms with Crippen molar-refractivity contribution in [1.82, 2.24) is 9.78 Å². The van der Waals surface area contributed by atoms with Gasteiger partial charge < -0.3 is 5.73 Å². The largest absolute Gasteiger partial charge is 0.327 e. The third kappa shape index (κ3) is 3.21. The monoisotopic (exact) mass is 229 g/mol. The van der Waals surface area contributed by atoms with Crippen LogP contribution in [0.1, 0.15) is 32.9 Å². The van der Waals surface area contributed by atoms with Crippen molar-refractivity contribution in [3.8, 4) is 0 Å². The average Bonchev–Trinajstić information content (AvgIpc) is 2.41. The fourth-order valence-electron chi connectivity index (χ4n) is 1.44. The minimum atomic E-state index is 0.144. The van der Waals surface area contributed by atoms with Gasteiger partial charge in [-0.25, -0.2) is 0 Å². The zero-order valence-corrected chi connectivity index (χ0v) is 10.7. The smallest absolute Gasteiger partial charge is 0.0817 e. The maximum absolute atomic E-state index is 6.09. The summed E-state index contributed by atoms with van der Waals surface area (Å²) in [5.74, 6) is 0. The zero-order chi connectivity index (χ0) is 11.6. The standard InChI is InChI=1S/C11H20ClN3/c1-11(2,3)10(13)6-5-9-8(12)7-14-15(9)4/h7,10H,5-6,13H2,1-4H3. The summed E-state index contributed by atoms with van der Waals surface area (Å²) in [7, 11) is 1.91. The summed E-state index contributed by atoms with van der Waals surface area (Å²) in [6, 6.07) is 0.184. The molecule has 0 spiro atoms. The van der Waals surface area contributed by atoms with Crippen LogP contribution in [-0.4, -0.2) is 15.8 Å². The lowest BCUT2D eigenvalue weighted by molar-refractivity contribution is 0.304. The molecule has 3 nitrogen and oxygen atoms in total. The normalized spacial score (nSPS) is 14.3. The third-order valence-corrected chi connectivity index (χ3v) is 3.13. The first kappa shape index (κ1) is 12.5. The van der Waals surface area contributed by atoms with E-state index in [0.29, 0.717) is 0 Å². The van der Waals surface area contributed by atoms with Crippen molar-refractivity contribution < 1.29 is 0 Å². The summed E-state index contributed by atoms with van der Waals surface area (Å²) >= 11 is 6.02. The van der Waals surface area contributed by atoms with Gasteiger partial charge in [0, 0.05) is 13.1 Å². The molecule has 1 heterocycles. The fourth-order valence-corrected chi connectivity index (χ4v) is 1.70. The van der Waals surface area contributed by atoms with E-state index in [0.717, 1.165) is 23.6 Å². The molecular weight excluding hydrogens is 210 g/mol. The van der Waals surface area contributed by atoms with Crippen LogP contribution in [0, 0.1) is 5.41 Å². The first-order valence-corrected chi connectivity index (χ1v) is 5.62. The Morgan fingerprint density at radius 3 is 2.53 bits per heavy atom. The number of nitrogens with two attached hydrogens (primary N) is 1. The van der Waals surface area contributed by atoms with Crippen LogP contribution in [0.4, 0.5) is 0 Å². The summed E-state index contributed by atoms with van der Waals surface area (Å²) in [4.78, 5) is 0. The number of halogens is 1. The van der Waals surface area contributed by atoms with Crippen molar-refractivity contribution in [3.63, 3.8) is 0 Å². The first-order chi connectivity index (χ1) is 6.82. The minimum Gasteiger partial charge on any atom is -0.327 e. The lowest BCUT2D eigenvalue weighted by Crippen LogP contribution is -2.35. The molecule has 1 atom stereocenters. The van der Waals surface area contributed by atoms with Crippen LogP contribution < -0.4 is 5.73 Å². The van der Waals surface area contributed by atoms with Gasteiger partial charge in [-0.3, -0.25) is 4.68 Å². The molecule has 0 radical (unpaired) electrons. The molecule has 0 aliphatic rings. The molecule has 0 fully saturated rings. The van der Waals surface area contributed by atoms with Crippen LogP contribution in [0.5, 0.6) is 0 Å². The van der Waals surface area contributed by atoms with Crippen LogP contribution >= 0.6 is 11.6 Å². The molecule has 15 heavy (non-hydrogen) atoms. The molecule has 0 saturated heterocycles. The quantitative estimate of drug-likeness (QED) is 0.865. The van der Waals surface area contributed by atoms with Crippen molar-refractivity contribution in [1.29, 1.82) is 0 Å². The van der Waals surface area contributed by atoms with Gasteiger partial charge in [0.2, 0.25) is 0 Å². The van der Waals surface area contributed by atoms with Gasteiger partial charge in [-0.15, -0.1) is 0 Å². The molecule has 0 aliphatic heterocycles. The van der Waals surface area contributed by atoms with E-state index >= 15 is 0 Å². The van der Waals surface area contributed by atoms with Crippen molar-refractivity contribution >= 4 is 11.6 Å². The predicted octanol–water partition coefficient (Wildman–Crippen LogP) is 2.38. The number of aromatic nitrogens is 2. The summed E-state index contributed by atoms with van der Waals surface area (Å²) in [5, 5.41) is 4.84. The van der Waals surface area contributed by atoms with E-state index in [9.17, 15) is 0 Å². The number of hydrogen-bond donors (Lipinski definition) is 1. The molecule has 2 N–H and O–H groups in total. The van der Waals surface area contributed by atoms with Crippen LogP contribution in [-0.2, 0) is 13.5 Å². The van der Waals surface area contributed by atoms with E-state index in [1.807, 2.05) is 11.7 Å². The second-order valence-electron chi connectivity index (χ2n) is 5.07. The van der Waals surface area contributed by atoms with Crippen LogP contribution in [0.15, 0.2) is 6.20 Å². The van der Waals surface area contributed by atoms with Crippen molar-refractivity contribution in [3.05, 3.63) is 16.9 Å². The summed E-state index contributed by atoms with van der Waals surface area (Å²) in [6.07, 6.45) is 3.50. The van der Waals surface area contributed by atoms with Gasteiger partial charge in [0.1, 0.15) is 0 Å². The maximum Gasteiger partial charge on any atom is 0.0817 e. The highest BCUT2D eigenvalue weighted by Gasteiger charge is 2.21. The Labute approximate surface area is 96.6 Å². The Hall–Kier alpha value is -0.540. The molecule has 1 rings (SSSR count). The SMILES string of the molecule is Cn1ncc(Cl)c1CCC(N)C(C)(C)C. The highest BCUT2D eigenvalue weighted by Crippen LogP contribution is 2.23. The number of nitrogens with zero attached hydrogens (tertiary/aromatic N) is 2. The molecule has 0 aliphatic carbocycles. The van der Waals surface area contributed by atoms with Gasteiger partial charge in [-0.2, -0.15) is 5.10 Å². The van der Waals surface area contributed by atoms with E-state index in [-0.39, 0.29) is 11.5 Å². The molecule has 86 valence electrons. The molecule has 1 unspecified atom stereocenters. The first-order valence-electron chi connectivity index (χ1n) is 5.24. The van der Waals surface area contributed by atoms with Crippen LogP contribution in [0.2, 0.25) is 5.02 Å². The van der Waals surface area contributed by atoms with Gasteiger partial charge >= 0.3 is 0 Å². The Morgan fingerprint density at radius 1 is 1.53 bits per heavy atom. The third-order valence-electron chi connectivity index (χ3n) is 2.82. The molecular formula is C11H20ClN3. The molecule has 0 bridgehead atoms. The van der Waals surface area contributed by atoms with E-state index in [1.54, 1.807) is 6.20 Å².